The number of rotatable bonds is 8. The highest BCUT2D eigenvalue weighted by atomic mass is 32.1. The molecule has 0 N–H and O–H groups in total. The molecule has 186 valence electrons. The number of nitrogens with zero attached hydrogens (tertiary/aromatic N) is 3. The van der Waals surface area contributed by atoms with Gasteiger partial charge in [0.15, 0.2) is 11.5 Å². The Morgan fingerprint density at radius 1 is 0.971 bits per heavy atom. The maximum absolute atomic E-state index is 13.2. The van der Waals surface area contributed by atoms with E-state index in [-0.39, 0.29) is 11.7 Å². The third kappa shape index (κ3) is 5.57. The Labute approximate surface area is 209 Å². The molecule has 1 amide bonds. The molecule has 4 rings (SSSR count). The number of piperazine rings is 1. The molecule has 1 aliphatic rings. The van der Waals surface area contributed by atoms with E-state index in [9.17, 15) is 9.18 Å². The SMILES string of the molecule is COc1ccc(CN2CCN(C(=O)c3sc(Cc4ccc(F)cc4)nc3C)CC2)c(OC)c1OC. The summed E-state index contributed by atoms with van der Waals surface area (Å²) in [6.07, 6.45) is 0.583. The lowest BCUT2D eigenvalue weighted by atomic mass is 10.1. The van der Waals surface area contributed by atoms with Crippen LogP contribution in [0, 0.1) is 12.7 Å². The van der Waals surface area contributed by atoms with Gasteiger partial charge < -0.3 is 19.1 Å². The van der Waals surface area contributed by atoms with Gasteiger partial charge in [-0.1, -0.05) is 18.2 Å². The van der Waals surface area contributed by atoms with E-state index < -0.39 is 0 Å². The predicted molar refractivity (Wildman–Crippen MR) is 133 cm³/mol. The summed E-state index contributed by atoms with van der Waals surface area (Å²) in [7, 11) is 4.82. The number of methoxy groups -OCH3 is 3. The molecule has 0 saturated carbocycles. The molecule has 3 aromatic rings. The second kappa shape index (κ2) is 11.0. The highest BCUT2D eigenvalue weighted by molar-refractivity contribution is 7.13. The summed E-state index contributed by atoms with van der Waals surface area (Å²) >= 11 is 1.42. The van der Waals surface area contributed by atoms with E-state index >= 15 is 0 Å². The van der Waals surface area contributed by atoms with E-state index in [0.717, 1.165) is 34.9 Å². The molecule has 7 nitrogen and oxygen atoms in total. The second-order valence-electron chi connectivity index (χ2n) is 8.39. The van der Waals surface area contributed by atoms with E-state index in [4.69, 9.17) is 14.2 Å². The number of halogens is 1. The maximum Gasteiger partial charge on any atom is 0.265 e. The number of benzene rings is 2. The van der Waals surface area contributed by atoms with Crippen molar-refractivity contribution in [1.82, 2.24) is 14.8 Å². The molecule has 1 aliphatic heterocycles. The van der Waals surface area contributed by atoms with Gasteiger partial charge in [0, 0.05) is 44.7 Å². The molecule has 0 spiro atoms. The molecule has 0 unspecified atom stereocenters. The molecular formula is C26H30FN3O4S. The van der Waals surface area contributed by atoms with E-state index in [2.05, 4.69) is 9.88 Å². The summed E-state index contributed by atoms with van der Waals surface area (Å²) in [4.78, 5) is 22.7. The third-order valence-corrected chi connectivity index (χ3v) is 7.29. The number of thiazole rings is 1. The van der Waals surface area contributed by atoms with Gasteiger partial charge >= 0.3 is 0 Å². The van der Waals surface area contributed by atoms with E-state index in [1.54, 1.807) is 33.5 Å². The Bertz CT molecular complexity index is 1170. The zero-order valence-corrected chi connectivity index (χ0v) is 21.3. The number of carbonyl (C=O) groups excluding carboxylic acids is 1. The van der Waals surface area contributed by atoms with Gasteiger partial charge in [0.2, 0.25) is 5.75 Å². The van der Waals surface area contributed by atoms with Crippen molar-refractivity contribution in [1.29, 1.82) is 0 Å². The van der Waals surface area contributed by atoms with E-state index in [1.165, 1.54) is 23.5 Å². The van der Waals surface area contributed by atoms with Crippen LogP contribution in [0.2, 0.25) is 0 Å². The quantitative estimate of drug-likeness (QED) is 0.464. The lowest BCUT2D eigenvalue weighted by Crippen LogP contribution is -2.48. The van der Waals surface area contributed by atoms with Crippen LogP contribution in [0.5, 0.6) is 17.2 Å². The molecule has 1 aromatic heterocycles. The van der Waals surface area contributed by atoms with Gasteiger partial charge in [0.1, 0.15) is 10.7 Å². The fraction of sp³-hybridized carbons (Fsp3) is 0.385. The molecule has 1 fully saturated rings. The summed E-state index contributed by atoms with van der Waals surface area (Å²) < 4.78 is 29.7. The summed E-state index contributed by atoms with van der Waals surface area (Å²) in [5, 5.41) is 0.858. The summed E-state index contributed by atoms with van der Waals surface area (Å²) in [5.41, 5.74) is 2.72. The molecular weight excluding hydrogens is 469 g/mol. The standard InChI is InChI=1S/C26H30FN3O4S/c1-17-25(35-22(28-17)15-18-5-8-20(27)9-6-18)26(31)30-13-11-29(12-14-30)16-19-7-10-21(32-2)24(34-4)23(19)33-3/h5-10H,11-16H2,1-4H3. The number of aromatic nitrogens is 1. The Morgan fingerprint density at radius 3 is 2.29 bits per heavy atom. The minimum absolute atomic E-state index is 0.0219. The fourth-order valence-electron chi connectivity index (χ4n) is 4.28. The van der Waals surface area contributed by atoms with Crippen molar-refractivity contribution in [3.05, 3.63) is 68.9 Å². The highest BCUT2D eigenvalue weighted by Crippen LogP contribution is 2.40. The van der Waals surface area contributed by atoms with Gasteiger partial charge in [0.25, 0.3) is 5.91 Å². The zero-order valence-electron chi connectivity index (χ0n) is 20.5. The molecule has 35 heavy (non-hydrogen) atoms. The van der Waals surface area contributed by atoms with Gasteiger partial charge in [-0.05, 0) is 30.7 Å². The van der Waals surface area contributed by atoms with Crippen molar-refractivity contribution in [2.45, 2.75) is 19.9 Å². The van der Waals surface area contributed by atoms with Gasteiger partial charge in [-0.2, -0.15) is 0 Å². The summed E-state index contributed by atoms with van der Waals surface area (Å²) in [5.74, 6) is 1.64. The Morgan fingerprint density at radius 2 is 1.66 bits per heavy atom. The van der Waals surface area contributed by atoms with Crippen molar-refractivity contribution in [3.63, 3.8) is 0 Å². The molecule has 2 aromatic carbocycles. The number of ether oxygens (including phenoxy) is 3. The van der Waals surface area contributed by atoms with Crippen LogP contribution in [0.4, 0.5) is 4.39 Å². The fourth-order valence-corrected chi connectivity index (χ4v) is 5.35. The number of carbonyl (C=O) groups is 1. The van der Waals surface area contributed by atoms with Crippen LogP contribution in [0.3, 0.4) is 0 Å². The second-order valence-corrected chi connectivity index (χ2v) is 9.47. The van der Waals surface area contributed by atoms with Crippen molar-refractivity contribution >= 4 is 17.2 Å². The lowest BCUT2D eigenvalue weighted by molar-refractivity contribution is 0.0631. The van der Waals surface area contributed by atoms with Gasteiger partial charge in [0.05, 0.1) is 32.0 Å². The molecule has 0 bridgehead atoms. The molecule has 0 radical (unpaired) electrons. The topological polar surface area (TPSA) is 64.1 Å². The van der Waals surface area contributed by atoms with E-state index in [1.807, 2.05) is 24.0 Å². The van der Waals surface area contributed by atoms with Gasteiger partial charge in [-0.3, -0.25) is 9.69 Å². The Kier molecular flexibility index (Phi) is 7.87. The van der Waals surface area contributed by atoms with Crippen molar-refractivity contribution in [3.8, 4) is 17.2 Å². The monoisotopic (exact) mass is 499 g/mol. The normalized spacial score (nSPS) is 14.1. The maximum atomic E-state index is 13.2. The van der Waals surface area contributed by atoms with Gasteiger partial charge in [-0.15, -0.1) is 11.3 Å². The molecule has 2 heterocycles. The molecule has 0 atom stereocenters. The van der Waals surface area contributed by atoms with Crippen molar-refractivity contribution < 1.29 is 23.4 Å². The smallest absolute Gasteiger partial charge is 0.265 e. The van der Waals surface area contributed by atoms with Crippen LogP contribution in [0.25, 0.3) is 0 Å². The average molecular weight is 500 g/mol. The van der Waals surface area contributed by atoms with Crippen LogP contribution in [0.15, 0.2) is 36.4 Å². The van der Waals surface area contributed by atoms with Crippen LogP contribution in [-0.4, -0.2) is 68.2 Å². The first-order valence-corrected chi connectivity index (χ1v) is 12.2. The number of amides is 1. The highest BCUT2D eigenvalue weighted by Gasteiger charge is 2.26. The van der Waals surface area contributed by atoms with Crippen LogP contribution >= 0.6 is 11.3 Å². The first kappa shape index (κ1) is 24.9. The number of aryl methyl sites for hydroxylation is 1. The summed E-state index contributed by atoms with van der Waals surface area (Å²) in [6.45, 7) is 5.34. The largest absolute Gasteiger partial charge is 0.493 e. The van der Waals surface area contributed by atoms with E-state index in [0.29, 0.717) is 48.2 Å². The average Bonchev–Trinajstić information content (AvgIpc) is 3.24. The molecule has 9 heteroatoms. The minimum atomic E-state index is -0.261. The van der Waals surface area contributed by atoms with Crippen LogP contribution in [-0.2, 0) is 13.0 Å². The Hall–Kier alpha value is -3.17. The lowest BCUT2D eigenvalue weighted by Gasteiger charge is -2.35. The predicted octanol–water partition coefficient (Wildman–Crippen LogP) is 4.17. The molecule has 0 aliphatic carbocycles. The first-order valence-electron chi connectivity index (χ1n) is 11.4. The first-order chi connectivity index (χ1) is 16.9. The van der Waals surface area contributed by atoms with Crippen LogP contribution in [0.1, 0.15) is 31.5 Å². The number of hydrogen-bond acceptors (Lipinski definition) is 7. The Balaban J connectivity index is 1.38. The third-order valence-electron chi connectivity index (χ3n) is 6.14. The van der Waals surface area contributed by atoms with Crippen molar-refractivity contribution in [2.24, 2.45) is 0 Å². The van der Waals surface area contributed by atoms with Crippen molar-refractivity contribution in [2.75, 3.05) is 47.5 Å². The van der Waals surface area contributed by atoms with Crippen LogP contribution < -0.4 is 14.2 Å². The summed E-state index contributed by atoms with van der Waals surface area (Å²) in [6, 6.07) is 10.3. The zero-order chi connectivity index (χ0) is 24.9. The van der Waals surface area contributed by atoms with Gasteiger partial charge in [-0.25, -0.2) is 9.37 Å². The number of hydrogen-bond donors (Lipinski definition) is 0. The molecule has 1 saturated heterocycles. The minimum Gasteiger partial charge on any atom is -0.493 e.